The lowest BCUT2D eigenvalue weighted by Gasteiger charge is -2.29. The molecule has 0 aliphatic heterocycles. The maximum absolute atomic E-state index is 5.83. The summed E-state index contributed by atoms with van der Waals surface area (Å²) in [7, 11) is 5.42. The summed E-state index contributed by atoms with van der Waals surface area (Å²) in [6.45, 7) is 1.62. The van der Waals surface area contributed by atoms with Crippen molar-refractivity contribution in [2.24, 2.45) is 5.73 Å². The Morgan fingerprint density at radius 3 is 2.61 bits per heavy atom. The first kappa shape index (κ1) is 15.6. The molecule has 0 radical (unpaired) electrons. The second-order valence-electron chi connectivity index (χ2n) is 4.34. The normalized spacial score (nSPS) is 13.4. The van der Waals surface area contributed by atoms with Gasteiger partial charge in [-0.15, -0.1) is 11.3 Å². The minimum absolute atomic E-state index is 0.178. The van der Waals surface area contributed by atoms with Crippen LogP contribution in [0.2, 0.25) is 0 Å². The van der Waals surface area contributed by atoms with E-state index >= 15 is 0 Å². The van der Waals surface area contributed by atoms with Crippen LogP contribution in [0.25, 0.3) is 0 Å². The topological polar surface area (TPSA) is 47.7 Å². The van der Waals surface area contributed by atoms with Crippen molar-refractivity contribution in [2.45, 2.75) is 25.2 Å². The molecule has 2 N–H and O–H groups in total. The van der Waals surface area contributed by atoms with E-state index in [1.165, 1.54) is 4.88 Å². The van der Waals surface area contributed by atoms with E-state index < -0.39 is 0 Å². The molecular formula is C13H24N2O2S. The molecule has 1 aromatic rings. The first-order chi connectivity index (χ1) is 8.71. The summed E-state index contributed by atoms with van der Waals surface area (Å²) < 4.78 is 10.5. The third-order valence-corrected chi connectivity index (χ3v) is 4.11. The second-order valence-corrected chi connectivity index (χ2v) is 5.37. The fraction of sp³-hybridized carbons (Fsp3) is 0.692. The van der Waals surface area contributed by atoms with Gasteiger partial charge in [-0.05, 0) is 24.9 Å². The van der Waals surface area contributed by atoms with E-state index in [0.717, 1.165) is 19.4 Å². The van der Waals surface area contributed by atoms with Gasteiger partial charge in [0.15, 0.2) is 6.29 Å². The maximum Gasteiger partial charge on any atom is 0.158 e. The highest BCUT2D eigenvalue weighted by molar-refractivity contribution is 7.09. The molecule has 0 aromatic carbocycles. The van der Waals surface area contributed by atoms with Gasteiger partial charge in [-0.25, -0.2) is 0 Å². The van der Waals surface area contributed by atoms with Gasteiger partial charge in [-0.3, -0.25) is 0 Å². The lowest BCUT2D eigenvalue weighted by Crippen LogP contribution is -2.41. The number of nitrogens with two attached hydrogens (primary N) is 1. The van der Waals surface area contributed by atoms with Crippen molar-refractivity contribution >= 4 is 11.3 Å². The van der Waals surface area contributed by atoms with Gasteiger partial charge >= 0.3 is 0 Å². The standard InChI is InChI=1S/C13H24N2O2S/c1-15(7-6-12-5-4-8-18-12)11(10-14)9-13(16-2)17-3/h4-5,8,11,13H,6-7,9-10,14H2,1-3H3. The highest BCUT2D eigenvalue weighted by Gasteiger charge is 2.18. The van der Waals surface area contributed by atoms with Crippen LogP contribution in [-0.2, 0) is 15.9 Å². The first-order valence-electron chi connectivity index (χ1n) is 6.19. The molecule has 18 heavy (non-hydrogen) atoms. The van der Waals surface area contributed by atoms with E-state index in [4.69, 9.17) is 15.2 Å². The number of rotatable bonds is 9. The van der Waals surface area contributed by atoms with Gasteiger partial charge in [-0.2, -0.15) is 0 Å². The molecule has 0 saturated carbocycles. The SMILES string of the molecule is COC(CC(CN)N(C)CCc1cccs1)OC. The molecular weight excluding hydrogens is 248 g/mol. The molecule has 0 spiro atoms. The Bertz CT molecular complexity index is 302. The summed E-state index contributed by atoms with van der Waals surface area (Å²) in [5.41, 5.74) is 5.83. The molecule has 1 aromatic heterocycles. The average Bonchev–Trinajstić information content (AvgIpc) is 2.90. The average molecular weight is 272 g/mol. The molecule has 0 amide bonds. The molecule has 0 aliphatic carbocycles. The van der Waals surface area contributed by atoms with Crippen LogP contribution < -0.4 is 5.73 Å². The monoisotopic (exact) mass is 272 g/mol. The van der Waals surface area contributed by atoms with Crippen LogP contribution in [0.5, 0.6) is 0 Å². The number of likely N-dealkylation sites (N-methyl/N-ethyl adjacent to an activating group) is 1. The zero-order valence-electron chi connectivity index (χ0n) is 11.5. The Balaban J connectivity index is 2.38. The molecule has 1 heterocycles. The van der Waals surface area contributed by atoms with Gasteiger partial charge in [0.2, 0.25) is 0 Å². The largest absolute Gasteiger partial charge is 0.356 e. The van der Waals surface area contributed by atoms with Crippen molar-refractivity contribution < 1.29 is 9.47 Å². The van der Waals surface area contributed by atoms with Crippen molar-refractivity contribution in [3.63, 3.8) is 0 Å². The molecule has 1 atom stereocenters. The summed E-state index contributed by atoms with van der Waals surface area (Å²) in [5.74, 6) is 0. The van der Waals surface area contributed by atoms with Crippen LogP contribution in [0.3, 0.4) is 0 Å². The van der Waals surface area contributed by atoms with E-state index in [1.807, 2.05) is 0 Å². The van der Waals surface area contributed by atoms with Crippen molar-refractivity contribution in [1.82, 2.24) is 4.90 Å². The second kappa shape index (κ2) is 8.61. The molecule has 104 valence electrons. The lowest BCUT2D eigenvalue weighted by molar-refractivity contribution is -0.115. The maximum atomic E-state index is 5.83. The summed E-state index contributed by atoms with van der Waals surface area (Å²) in [5, 5.41) is 2.11. The number of nitrogens with zero attached hydrogens (tertiary/aromatic N) is 1. The molecule has 1 rings (SSSR count). The predicted molar refractivity (Wildman–Crippen MR) is 75.9 cm³/mol. The van der Waals surface area contributed by atoms with Crippen LogP contribution >= 0.6 is 11.3 Å². The van der Waals surface area contributed by atoms with E-state index in [1.54, 1.807) is 25.6 Å². The number of thiophene rings is 1. The van der Waals surface area contributed by atoms with E-state index in [-0.39, 0.29) is 12.3 Å². The van der Waals surface area contributed by atoms with Crippen LogP contribution in [0.15, 0.2) is 17.5 Å². The lowest BCUT2D eigenvalue weighted by atomic mass is 10.1. The smallest absolute Gasteiger partial charge is 0.158 e. The van der Waals surface area contributed by atoms with Crippen LogP contribution in [-0.4, -0.2) is 51.6 Å². The molecule has 5 heteroatoms. The minimum atomic E-state index is -0.178. The number of hydrogen-bond donors (Lipinski definition) is 1. The van der Waals surface area contributed by atoms with Crippen molar-refractivity contribution in [2.75, 3.05) is 34.4 Å². The summed E-state index contributed by atoms with van der Waals surface area (Å²) in [6.07, 6.45) is 1.68. The van der Waals surface area contributed by atoms with Gasteiger partial charge in [0.1, 0.15) is 0 Å². The van der Waals surface area contributed by atoms with Crippen molar-refractivity contribution in [3.05, 3.63) is 22.4 Å². The summed E-state index contributed by atoms with van der Waals surface area (Å²) >= 11 is 1.80. The van der Waals surface area contributed by atoms with E-state index in [9.17, 15) is 0 Å². The summed E-state index contributed by atoms with van der Waals surface area (Å²) in [4.78, 5) is 3.69. The van der Waals surface area contributed by atoms with E-state index in [0.29, 0.717) is 6.54 Å². The zero-order chi connectivity index (χ0) is 13.4. The minimum Gasteiger partial charge on any atom is -0.356 e. The Morgan fingerprint density at radius 2 is 2.11 bits per heavy atom. The zero-order valence-corrected chi connectivity index (χ0v) is 12.3. The van der Waals surface area contributed by atoms with Gasteiger partial charge in [0.05, 0.1) is 0 Å². The third kappa shape index (κ3) is 5.04. The Labute approximate surface area is 114 Å². The van der Waals surface area contributed by atoms with Crippen LogP contribution in [0, 0.1) is 0 Å². The van der Waals surface area contributed by atoms with Gasteiger partial charge in [-0.1, -0.05) is 6.07 Å². The fourth-order valence-electron chi connectivity index (χ4n) is 1.89. The molecule has 0 fully saturated rings. The highest BCUT2D eigenvalue weighted by Crippen LogP contribution is 2.12. The fourth-order valence-corrected chi connectivity index (χ4v) is 2.59. The number of ether oxygens (including phenoxy) is 2. The highest BCUT2D eigenvalue weighted by atomic mass is 32.1. The predicted octanol–water partition coefficient (Wildman–Crippen LogP) is 1.56. The van der Waals surface area contributed by atoms with Crippen molar-refractivity contribution in [3.8, 4) is 0 Å². The number of methoxy groups -OCH3 is 2. The van der Waals surface area contributed by atoms with Gasteiger partial charge < -0.3 is 20.1 Å². The van der Waals surface area contributed by atoms with Gasteiger partial charge in [0, 0.05) is 44.6 Å². The van der Waals surface area contributed by atoms with E-state index in [2.05, 4.69) is 29.5 Å². The first-order valence-corrected chi connectivity index (χ1v) is 7.07. The van der Waals surface area contributed by atoms with Crippen LogP contribution in [0.1, 0.15) is 11.3 Å². The number of hydrogen-bond acceptors (Lipinski definition) is 5. The Kier molecular flexibility index (Phi) is 7.46. The molecule has 0 saturated heterocycles. The van der Waals surface area contributed by atoms with Gasteiger partial charge in [0.25, 0.3) is 0 Å². The molecule has 0 bridgehead atoms. The molecule has 4 nitrogen and oxygen atoms in total. The molecule has 1 unspecified atom stereocenters. The van der Waals surface area contributed by atoms with Crippen LogP contribution in [0.4, 0.5) is 0 Å². The Hall–Kier alpha value is -0.460. The summed E-state index contributed by atoms with van der Waals surface area (Å²) in [6, 6.07) is 4.55. The van der Waals surface area contributed by atoms with Crippen molar-refractivity contribution in [1.29, 1.82) is 0 Å². The third-order valence-electron chi connectivity index (χ3n) is 3.18. The quantitative estimate of drug-likeness (QED) is 0.693. The Morgan fingerprint density at radius 1 is 1.39 bits per heavy atom. The molecule has 0 aliphatic rings.